The maximum atomic E-state index is 9.35. The van der Waals surface area contributed by atoms with E-state index in [1.807, 2.05) is 0 Å². The standard InChI is InChI=1S/H3N2O3S/c1-6(4,5)2-3/h2H,(H2,1,4,5)/q-1. The van der Waals surface area contributed by atoms with Gasteiger partial charge in [-0.05, 0) is 0 Å². The average molecular weight is 111 g/mol. The van der Waals surface area contributed by atoms with Crippen molar-refractivity contribution in [2.75, 3.05) is 0 Å². The van der Waals surface area contributed by atoms with E-state index in [1.165, 1.54) is 0 Å². The van der Waals surface area contributed by atoms with E-state index < -0.39 is 10.2 Å². The number of hydrogen-bond donors (Lipinski definition) is 2. The summed E-state index contributed by atoms with van der Waals surface area (Å²) >= 11 is 0. The quantitative estimate of drug-likeness (QED) is 0.394. The van der Waals surface area contributed by atoms with E-state index in [-0.39, 0.29) is 0 Å². The van der Waals surface area contributed by atoms with E-state index in [1.54, 1.807) is 0 Å². The van der Waals surface area contributed by atoms with Crippen LogP contribution in [0.25, 0.3) is 0 Å². The summed E-state index contributed by atoms with van der Waals surface area (Å²) in [6.45, 7) is 0. The third-order valence-electron chi connectivity index (χ3n) is 0.116. The second-order valence-corrected chi connectivity index (χ2v) is 1.89. The van der Waals surface area contributed by atoms with E-state index in [9.17, 15) is 8.42 Å². The molecule has 0 aliphatic carbocycles. The molecule has 6 heteroatoms. The third-order valence-corrected chi connectivity index (χ3v) is 0.348. The van der Waals surface area contributed by atoms with Crippen LogP contribution >= 0.6 is 0 Å². The van der Waals surface area contributed by atoms with Crippen LogP contribution in [-0.4, -0.2) is 8.42 Å². The zero-order valence-electron chi connectivity index (χ0n) is 2.71. The molecule has 0 aromatic heterocycles. The molecule has 0 aliphatic rings. The van der Waals surface area contributed by atoms with Crippen molar-refractivity contribution in [1.29, 1.82) is 0 Å². The SMILES string of the molecule is NS(=O)(=O)N[O-]. The maximum absolute atomic E-state index is 9.35. The fourth-order valence-corrected chi connectivity index (χ4v) is 0. The lowest BCUT2D eigenvalue weighted by molar-refractivity contribution is 0.592. The van der Waals surface area contributed by atoms with Crippen LogP contribution in [0.5, 0.6) is 0 Å². The van der Waals surface area contributed by atoms with Crippen LogP contribution in [-0.2, 0) is 10.2 Å². The summed E-state index contributed by atoms with van der Waals surface area (Å²) in [5.41, 5.74) is 0. The van der Waals surface area contributed by atoms with Gasteiger partial charge in [0, 0.05) is 0 Å². The number of rotatable bonds is 1. The van der Waals surface area contributed by atoms with E-state index in [0.29, 0.717) is 4.89 Å². The molecule has 0 saturated heterocycles. The van der Waals surface area contributed by atoms with Crippen LogP contribution in [0.4, 0.5) is 0 Å². The van der Waals surface area contributed by atoms with Crippen molar-refractivity contribution in [3.05, 3.63) is 5.21 Å². The molecule has 0 aliphatic heterocycles. The molecule has 38 valence electrons. The van der Waals surface area contributed by atoms with Gasteiger partial charge in [-0.1, -0.05) is 0 Å². The molecule has 0 aromatic carbocycles. The molecule has 0 saturated carbocycles. The minimum Gasteiger partial charge on any atom is -0.774 e. The summed E-state index contributed by atoms with van der Waals surface area (Å²) in [7, 11) is -3.97. The first-order chi connectivity index (χ1) is 2.56. The highest BCUT2D eigenvalue weighted by molar-refractivity contribution is 7.87. The van der Waals surface area contributed by atoms with Gasteiger partial charge >= 0.3 is 0 Å². The van der Waals surface area contributed by atoms with Crippen molar-refractivity contribution in [3.8, 4) is 0 Å². The minimum atomic E-state index is -3.97. The predicted octanol–water partition coefficient (Wildman–Crippen LogP) is -1.72. The molecular formula is H3N2O3S-. The Balaban J connectivity index is 3.85. The maximum Gasteiger partial charge on any atom is 0.263 e. The second kappa shape index (κ2) is 1.52. The summed E-state index contributed by atoms with van der Waals surface area (Å²) in [4.78, 5) is 0.604. The van der Waals surface area contributed by atoms with Crippen molar-refractivity contribution >= 4 is 10.2 Å². The lowest BCUT2D eigenvalue weighted by Crippen LogP contribution is -2.25. The zero-order chi connectivity index (χ0) is 5.21. The van der Waals surface area contributed by atoms with Crippen molar-refractivity contribution in [2.24, 2.45) is 5.14 Å². The number of hydrogen-bond acceptors (Lipinski definition) is 3. The lowest BCUT2D eigenvalue weighted by Gasteiger charge is -1.99. The molecule has 5 nitrogen and oxygen atoms in total. The van der Waals surface area contributed by atoms with Gasteiger partial charge in [0.1, 0.15) is 0 Å². The molecular weight excluding hydrogens is 108 g/mol. The van der Waals surface area contributed by atoms with Gasteiger partial charge in [-0.25, -0.2) is 5.14 Å². The molecule has 0 bridgehead atoms. The van der Waals surface area contributed by atoms with Gasteiger partial charge in [0.25, 0.3) is 10.2 Å². The predicted molar refractivity (Wildman–Crippen MR) is 19.6 cm³/mol. The normalized spacial score (nSPS) is 11.7. The van der Waals surface area contributed by atoms with Crippen LogP contribution in [0, 0.1) is 5.21 Å². The van der Waals surface area contributed by atoms with Crippen LogP contribution in [0.3, 0.4) is 0 Å². The van der Waals surface area contributed by atoms with E-state index >= 15 is 0 Å². The Hall–Kier alpha value is -0.170. The van der Waals surface area contributed by atoms with Crippen LogP contribution in [0.15, 0.2) is 0 Å². The van der Waals surface area contributed by atoms with Gasteiger partial charge in [0.2, 0.25) is 0 Å². The number of nitrogens with one attached hydrogen (secondary N) is 1. The molecule has 0 amide bonds. The van der Waals surface area contributed by atoms with Gasteiger partial charge < -0.3 is 5.21 Å². The highest BCUT2D eigenvalue weighted by Crippen LogP contribution is 1.55. The smallest absolute Gasteiger partial charge is 0.263 e. The molecule has 0 heterocycles. The van der Waals surface area contributed by atoms with E-state index in [2.05, 4.69) is 5.14 Å². The van der Waals surface area contributed by atoms with Crippen molar-refractivity contribution in [3.63, 3.8) is 0 Å². The lowest BCUT2D eigenvalue weighted by atomic mass is 13.5. The van der Waals surface area contributed by atoms with Crippen LogP contribution in [0.1, 0.15) is 0 Å². The first kappa shape index (κ1) is 5.83. The van der Waals surface area contributed by atoms with Crippen molar-refractivity contribution < 1.29 is 8.42 Å². The van der Waals surface area contributed by atoms with Gasteiger partial charge in [0.15, 0.2) is 0 Å². The third kappa shape index (κ3) is 3.83. The molecule has 0 unspecified atom stereocenters. The molecule has 0 fully saturated rings. The van der Waals surface area contributed by atoms with Gasteiger partial charge in [-0.15, -0.1) is 0 Å². The summed E-state index contributed by atoms with van der Waals surface area (Å²) < 4.78 is 18.7. The monoisotopic (exact) mass is 111 g/mol. The van der Waals surface area contributed by atoms with Gasteiger partial charge in [-0.3, -0.25) is 4.89 Å². The second-order valence-electron chi connectivity index (χ2n) is 0.628. The fraction of sp³-hybridized carbons (Fsp3) is 0. The fourth-order valence-electron chi connectivity index (χ4n) is 0. The zero-order valence-corrected chi connectivity index (χ0v) is 3.53. The largest absolute Gasteiger partial charge is 0.774 e. The molecule has 0 atom stereocenters. The molecule has 0 radical (unpaired) electrons. The summed E-state index contributed by atoms with van der Waals surface area (Å²) in [5.74, 6) is 0. The van der Waals surface area contributed by atoms with Crippen LogP contribution < -0.4 is 10.0 Å². The summed E-state index contributed by atoms with van der Waals surface area (Å²) in [5, 5.41) is 13.1. The van der Waals surface area contributed by atoms with Crippen LogP contribution in [0.2, 0.25) is 0 Å². The average Bonchev–Trinajstić information content (AvgIpc) is 1.35. The minimum absolute atomic E-state index is 0.604. The first-order valence-electron chi connectivity index (χ1n) is 0.977. The number of nitrogens with two attached hydrogens (primary N) is 1. The molecule has 0 rings (SSSR count). The molecule has 0 spiro atoms. The highest BCUT2D eigenvalue weighted by atomic mass is 32.2. The van der Waals surface area contributed by atoms with E-state index in [0.717, 1.165) is 0 Å². The Labute approximate surface area is 34.9 Å². The first-order valence-corrected chi connectivity index (χ1v) is 2.52. The molecule has 6 heavy (non-hydrogen) atoms. The Bertz CT molecular complexity index is 111. The van der Waals surface area contributed by atoms with Crippen molar-refractivity contribution in [1.82, 2.24) is 4.89 Å². The van der Waals surface area contributed by atoms with Gasteiger partial charge in [-0.2, -0.15) is 8.42 Å². The molecule has 3 N–H and O–H groups in total. The topological polar surface area (TPSA) is 95.2 Å². The molecule has 0 aromatic rings. The Morgan fingerprint density at radius 2 is 1.83 bits per heavy atom. The van der Waals surface area contributed by atoms with E-state index in [4.69, 9.17) is 5.21 Å². The Morgan fingerprint density at radius 1 is 1.67 bits per heavy atom. The van der Waals surface area contributed by atoms with Gasteiger partial charge in [0.05, 0.1) is 0 Å². The summed E-state index contributed by atoms with van der Waals surface area (Å²) in [6, 6.07) is 0. The highest BCUT2D eigenvalue weighted by Gasteiger charge is 1.83. The Kier molecular flexibility index (Phi) is 1.48. The van der Waals surface area contributed by atoms with Crippen molar-refractivity contribution in [2.45, 2.75) is 0 Å². The Morgan fingerprint density at radius 3 is 1.83 bits per heavy atom. The summed E-state index contributed by atoms with van der Waals surface area (Å²) in [6.07, 6.45) is 0.